The Bertz CT molecular complexity index is 1140. The molecule has 3 aromatic heterocycles. The van der Waals surface area contributed by atoms with Crippen LogP contribution in [0.1, 0.15) is 23.0 Å². The maximum Gasteiger partial charge on any atom is 0.259 e. The van der Waals surface area contributed by atoms with Crippen LogP contribution in [0.15, 0.2) is 47.5 Å². The van der Waals surface area contributed by atoms with Gasteiger partial charge in [-0.05, 0) is 38.1 Å². The van der Waals surface area contributed by atoms with Gasteiger partial charge in [-0.25, -0.2) is 0 Å². The van der Waals surface area contributed by atoms with Crippen molar-refractivity contribution in [2.75, 3.05) is 30.9 Å². The Kier molecular flexibility index (Phi) is 6.66. The zero-order valence-corrected chi connectivity index (χ0v) is 17.9. The van der Waals surface area contributed by atoms with Crippen LogP contribution >= 0.6 is 0 Å². The van der Waals surface area contributed by atoms with Gasteiger partial charge in [-0.15, -0.1) is 0 Å². The summed E-state index contributed by atoms with van der Waals surface area (Å²) >= 11 is 0. The SMILES string of the molecule is Cc1cccc(-c2cc(Nc3ccncc3C(=O)NCC(C)O)c(N(C)C)[nH]c2=O)n1. The molecule has 0 saturated carbocycles. The first kappa shape index (κ1) is 22.0. The summed E-state index contributed by atoms with van der Waals surface area (Å²) in [4.78, 5) is 38.5. The molecule has 1 amide bonds. The number of hydrogen-bond donors (Lipinski definition) is 4. The van der Waals surface area contributed by atoms with E-state index in [9.17, 15) is 14.7 Å². The van der Waals surface area contributed by atoms with Gasteiger partial charge in [-0.1, -0.05) is 6.07 Å². The first-order valence-electron chi connectivity index (χ1n) is 9.82. The van der Waals surface area contributed by atoms with Crippen LogP contribution in [-0.4, -0.2) is 52.7 Å². The second-order valence-electron chi connectivity index (χ2n) is 7.44. The van der Waals surface area contributed by atoms with Crippen LogP contribution in [0.2, 0.25) is 0 Å². The lowest BCUT2D eigenvalue weighted by atomic mass is 10.1. The number of carbonyl (C=O) groups is 1. The molecular formula is C22H26N6O3. The first-order chi connectivity index (χ1) is 14.8. The maximum absolute atomic E-state index is 12.7. The van der Waals surface area contributed by atoms with Crippen molar-refractivity contribution in [3.63, 3.8) is 0 Å². The molecular weight excluding hydrogens is 396 g/mol. The van der Waals surface area contributed by atoms with Gasteiger partial charge < -0.3 is 25.6 Å². The van der Waals surface area contributed by atoms with Crippen LogP contribution in [0.3, 0.4) is 0 Å². The van der Waals surface area contributed by atoms with Crippen molar-refractivity contribution in [3.05, 3.63) is 64.3 Å². The number of aliphatic hydroxyl groups excluding tert-OH is 1. The minimum Gasteiger partial charge on any atom is -0.392 e. The number of carbonyl (C=O) groups excluding carboxylic acids is 1. The summed E-state index contributed by atoms with van der Waals surface area (Å²) in [5, 5.41) is 15.4. The van der Waals surface area contributed by atoms with Crippen LogP contribution in [0.5, 0.6) is 0 Å². The van der Waals surface area contributed by atoms with E-state index < -0.39 is 6.10 Å². The van der Waals surface area contributed by atoms with Gasteiger partial charge >= 0.3 is 0 Å². The molecule has 162 valence electrons. The average Bonchev–Trinajstić information content (AvgIpc) is 2.73. The summed E-state index contributed by atoms with van der Waals surface area (Å²) < 4.78 is 0. The Morgan fingerprint density at radius 1 is 1.26 bits per heavy atom. The van der Waals surface area contributed by atoms with Gasteiger partial charge in [-0.2, -0.15) is 0 Å². The van der Waals surface area contributed by atoms with Crippen LogP contribution in [0.4, 0.5) is 17.2 Å². The normalized spacial score (nSPS) is 11.6. The molecule has 9 heteroatoms. The smallest absolute Gasteiger partial charge is 0.259 e. The number of nitrogens with zero attached hydrogens (tertiary/aromatic N) is 3. The number of aromatic nitrogens is 3. The van der Waals surface area contributed by atoms with Crippen molar-refractivity contribution in [1.29, 1.82) is 0 Å². The molecule has 0 bridgehead atoms. The Labute approximate surface area is 180 Å². The molecule has 0 aliphatic rings. The predicted molar refractivity (Wildman–Crippen MR) is 121 cm³/mol. The van der Waals surface area contributed by atoms with Crippen molar-refractivity contribution in [1.82, 2.24) is 20.3 Å². The molecule has 0 fully saturated rings. The van der Waals surface area contributed by atoms with Gasteiger partial charge in [-0.3, -0.25) is 19.6 Å². The highest BCUT2D eigenvalue weighted by Crippen LogP contribution is 2.29. The summed E-state index contributed by atoms with van der Waals surface area (Å²) in [5.41, 5.74) is 2.92. The Morgan fingerprint density at radius 3 is 2.71 bits per heavy atom. The molecule has 0 saturated heterocycles. The zero-order chi connectivity index (χ0) is 22.5. The van der Waals surface area contributed by atoms with Crippen LogP contribution in [0.25, 0.3) is 11.3 Å². The van der Waals surface area contributed by atoms with Gasteiger partial charge in [0.1, 0.15) is 5.82 Å². The van der Waals surface area contributed by atoms with Gasteiger partial charge in [0.2, 0.25) is 0 Å². The van der Waals surface area contributed by atoms with E-state index in [4.69, 9.17) is 0 Å². The van der Waals surface area contributed by atoms with Gasteiger partial charge in [0.15, 0.2) is 0 Å². The lowest BCUT2D eigenvalue weighted by Crippen LogP contribution is -2.31. The summed E-state index contributed by atoms with van der Waals surface area (Å²) in [6.07, 6.45) is 2.35. The summed E-state index contributed by atoms with van der Waals surface area (Å²) in [7, 11) is 3.62. The fourth-order valence-corrected chi connectivity index (χ4v) is 3.02. The van der Waals surface area contributed by atoms with E-state index in [0.29, 0.717) is 34.0 Å². The van der Waals surface area contributed by atoms with Gasteiger partial charge in [0, 0.05) is 38.7 Å². The van der Waals surface area contributed by atoms with E-state index in [0.717, 1.165) is 5.69 Å². The van der Waals surface area contributed by atoms with E-state index in [-0.39, 0.29) is 18.0 Å². The van der Waals surface area contributed by atoms with Crippen LogP contribution in [-0.2, 0) is 0 Å². The van der Waals surface area contributed by atoms with Gasteiger partial charge in [0.05, 0.1) is 34.3 Å². The minimum atomic E-state index is -0.666. The first-order valence-corrected chi connectivity index (χ1v) is 9.82. The molecule has 9 nitrogen and oxygen atoms in total. The topological polar surface area (TPSA) is 123 Å². The highest BCUT2D eigenvalue weighted by atomic mass is 16.3. The highest BCUT2D eigenvalue weighted by molar-refractivity contribution is 6.00. The number of aliphatic hydroxyl groups is 1. The molecule has 4 N–H and O–H groups in total. The second kappa shape index (κ2) is 9.40. The third-order valence-corrected chi connectivity index (χ3v) is 4.52. The number of anilines is 3. The molecule has 3 rings (SSSR count). The van der Waals surface area contributed by atoms with E-state index in [1.165, 1.54) is 6.20 Å². The molecule has 3 heterocycles. The monoisotopic (exact) mass is 422 g/mol. The Hall–Kier alpha value is -3.72. The molecule has 0 aliphatic heterocycles. The lowest BCUT2D eigenvalue weighted by molar-refractivity contribution is 0.0924. The van der Waals surface area contributed by atoms with E-state index in [1.807, 2.05) is 33.2 Å². The van der Waals surface area contributed by atoms with Crippen LogP contribution < -0.4 is 21.1 Å². The number of H-pyrrole nitrogens is 1. The molecule has 31 heavy (non-hydrogen) atoms. The third-order valence-electron chi connectivity index (χ3n) is 4.52. The average molecular weight is 422 g/mol. The number of aromatic amines is 1. The second-order valence-corrected chi connectivity index (χ2v) is 7.44. The maximum atomic E-state index is 12.7. The molecule has 1 unspecified atom stereocenters. The Morgan fingerprint density at radius 2 is 2.03 bits per heavy atom. The lowest BCUT2D eigenvalue weighted by Gasteiger charge is -2.20. The Balaban J connectivity index is 2.04. The van der Waals surface area contributed by atoms with Crippen molar-refractivity contribution in [2.45, 2.75) is 20.0 Å². The van der Waals surface area contributed by atoms with Gasteiger partial charge in [0.25, 0.3) is 11.5 Å². The number of aryl methyl sites for hydroxylation is 1. The number of hydrogen-bond acceptors (Lipinski definition) is 7. The largest absolute Gasteiger partial charge is 0.392 e. The number of pyridine rings is 3. The number of amides is 1. The van der Waals surface area contributed by atoms with Crippen molar-refractivity contribution >= 4 is 23.1 Å². The highest BCUT2D eigenvalue weighted by Gasteiger charge is 2.17. The molecule has 0 radical (unpaired) electrons. The minimum absolute atomic E-state index is 0.123. The standard InChI is InChI=1S/C22H26N6O3/c1-13-6-5-7-17(25-13)15-10-19(20(28(3)4)27-22(15)31)26-18-8-9-23-12-16(18)21(30)24-11-14(2)29/h5-10,12,14,29H,11H2,1-4H3,(H,23,26)(H,24,30)(H,27,31). The predicted octanol–water partition coefficient (Wildman–Crippen LogP) is 2.06. The number of nitrogens with one attached hydrogen (secondary N) is 3. The quantitative estimate of drug-likeness (QED) is 0.459. The molecule has 0 spiro atoms. The van der Waals surface area contributed by atoms with E-state index >= 15 is 0 Å². The molecule has 0 aromatic carbocycles. The van der Waals surface area contributed by atoms with E-state index in [2.05, 4.69) is 25.6 Å². The fraction of sp³-hybridized carbons (Fsp3) is 0.273. The summed E-state index contributed by atoms with van der Waals surface area (Å²) in [6, 6.07) is 8.87. The van der Waals surface area contributed by atoms with Crippen molar-refractivity contribution in [2.24, 2.45) is 0 Å². The number of rotatable bonds is 7. The summed E-state index contributed by atoms with van der Waals surface area (Å²) in [6.45, 7) is 3.57. The summed E-state index contributed by atoms with van der Waals surface area (Å²) in [5.74, 6) is 0.182. The molecule has 3 aromatic rings. The van der Waals surface area contributed by atoms with Crippen molar-refractivity contribution < 1.29 is 9.90 Å². The molecule has 1 atom stereocenters. The molecule has 0 aliphatic carbocycles. The fourth-order valence-electron chi connectivity index (χ4n) is 3.02. The van der Waals surface area contributed by atoms with Crippen molar-refractivity contribution in [3.8, 4) is 11.3 Å². The van der Waals surface area contributed by atoms with E-state index in [1.54, 1.807) is 36.2 Å². The third kappa shape index (κ3) is 5.26. The van der Waals surface area contributed by atoms with Crippen LogP contribution in [0, 0.1) is 6.92 Å². The zero-order valence-electron chi connectivity index (χ0n) is 17.9.